The second-order valence-electron chi connectivity index (χ2n) is 4.20. The van der Waals surface area contributed by atoms with Crippen LogP contribution in [0.2, 0.25) is 0 Å². The van der Waals surface area contributed by atoms with E-state index in [1.165, 1.54) is 43.6 Å². The third-order valence-corrected chi connectivity index (χ3v) is 3.53. The highest BCUT2D eigenvalue weighted by atomic mass is 32.1. The number of hydrogen-bond acceptors (Lipinski definition) is 5. The summed E-state index contributed by atoms with van der Waals surface area (Å²) >= 11 is 1.38. The van der Waals surface area contributed by atoms with Crippen LogP contribution >= 0.6 is 11.5 Å². The number of rotatable bonds is 8. The van der Waals surface area contributed by atoms with Crippen molar-refractivity contribution in [2.75, 3.05) is 18.2 Å². The van der Waals surface area contributed by atoms with Gasteiger partial charge in [-0.3, -0.25) is 0 Å². The van der Waals surface area contributed by atoms with Crippen molar-refractivity contribution in [1.82, 2.24) is 4.37 Å². The van der Waals surface area contributed by atoms with Crippen LogP contribution in [-0.2, 0) is 0 Å². The summed E-state index contributed by atoms with van der Waals surface area (Å²) in [5, 5.41) is 4.46. The Morgan fingerprint density at radius 1 is 1.35 bits per heavy atom. The van der Waals surface area contributed by atoms with Crippen LogP contribution in [0, 0.1) is 0 Å². The Bertz CT molecular complexity index is 328. The molecular weight excluding hydrogens is 234 g/mol. The Labute approximate surface area is 108 Å². The molecule has 5 heteroatoms. The highest BCUT2D eigenvalue weighted by Crippen LogP contribution is 2.35. The number of nitrogen functional groups attached to an aromatic ring is 1. The average molecular weight is 257 g/mol. The zero-order valence-corrected chi connectivity index (χ0v) is 11.8. The average Bonchev–Trinajstić information content (AvgIpc) is 2.67. The lowest BCUT2D eigenvalue weighted by atomic mass is 10.1. The molecule has 0 saturated heterocycles. The minimum absolute atomic E-state index is 0.478. The fraction of sp³-hybridized carbons (Fsp3) is 0.750. The van der Waals surface area contributed by atoms with Crippen LogP contribution in [0.15, 0.2) is 0 Å². The number of nitrogens with one attached hydrogen (secondary N) is 1. The van der Waals surface area contributed by atoms with E-state index in [4.69, 9.17) is 10.5 Å². The quantitative estimate of drug-likeness (QED) is 0.748. The molecule has 4 nitrogen and oxygen atoms in total. The largest absolute Gasteiger partial charge is 0.490 e. The summed E-state index contributed by atoms with van der Waals surface area (Å²) < 4.78 is 9.37. The topological polar surface area (TPSA) is 60.2 Å². The van der Waals surface area contributed by atoms with Crippen molar-refractivity contribution in [3.63, 3.8) is 0 Å². The van der Waals surface area contributed by atoms with Gasteiger partial charge in [-0.15, -0.1) is 0 Å². The fourth-order valence-electron chi connectivity index (χ4n) is 1.86. The van der Waals surface area contributed by atoms with Gasteiger partial charge in [-0.05, 0) is 24.4 Å². The van der Waals surface area contributed by atoms with Gasteiger partial charge < -0.3 is 15.8 Å². The molecular formula is C12H23N3OS. The maximum atomic E-state index is 5.74. The number of unbranched alkanes of at least 4 members (excludes halogenated alkanes) is 1. The molecule has 0 radical (unpaired) electrons. The Morgan fingerprint density at radius 2 is 2.12 bits per heavy atom. The third-order valence-electron chi connectivity index (χ3n) is 2.76. The number of hydrogen-bond donors (Lipinski definition) is 2. The highest BCUT2D eigenvalue weighted by Gasteiger charge is 2.15. The van der Waals surface area contributed by atoms with E-state index in [9.17, 15) is 0 Å². The summed E-state index contributed by atoms with van der Waals surface area (Å²) in [6.07, 6.45) is 6.00. The Morgan fingerprint density at radius 3 is 2.71 bits per heavy atom. The molecule has 1 rings (SSSR count). The van der Waals surface area contributed by atoms with E-state index in [2.05, 4.69) is 23.5 Å². The molecule has 1 aromatic heterocycles. The lowest BCUT2D eigenvalue weighted by Gasteiger charge is -2.18. The van der Waals surface area contributed by atoms with Crippen LogP contribution in [0.3, 0.4) is 0 Å². The molecule has 98 valence electrons. The van der Waals surface area contributed by atoms with Gasteiger partial charge in [0, 0.05) is 6.04 Å². The molecule has 1 atom stereocenters. The summed E-state index contributed by atoms with van der Waals surface area (Å²) in [5.41, 5.74) is 5.74. The molecule has 1 heterocycles. The minimum Gasteiger partial charge on any atom is -0.490 e. The van der Waals surface area contributed by atoms with Crippen molar-refractivity contribution in [1.29, 1.82) is 0 Å². The lowest BCUT2D eigenvalue weighted by Crippen LogP contribution is -2.18. The summed E-state index contributed by atoms with van der Waals surface area (Å²) in [4.78, 5) is 0. The van der Waals surface area contributed by atoms with Crippen LogP contribution in [0.25, 0.3) is 0 Å². The van der Waals surface area contributed by atoms with Gasteiger partial charge in [-0.2, -0.15) is 4.37 Å². The zero-order chi connectivity index (χ0) is 12.7. The van der Waals surface area contributed by atoms with Crippen molar-refractivity contribution in [2.45, 2.75) is 52.0 Å². The predicted octanol–water partition coefficient (Wildman–Crippen LogP) is 3.50. The number of aromatic nitrogens is 1. The number of anilines is 2. The maximum Gasteiger partial charge on any atom is 0.197 e. The van der Waals surface area contributed by atoms with E-state index in [0.717, 1.165) is 5.00 Å². The van der Waals surface area contributed by atoms with E-state index in [1.54, 1.807) is 7.11 Å². The SMILES string of the molecule is CCCCC(CCC)Nc1snc(N)c1OC. The van der Waals surface area contributed by atoms with E-state index in [1.807, 2.05) is 0 Å². The zero-order valence-electron chi connectivity index (χ0n) is 11.0. The van der Waals surface area contributed by atoms with Crippen LogP contribution in [0.4, 0.5) is 10.8 Å². The van der Waals surface area contributed by atoms with Crippen molar-refractivity contribution in [3.8, 4) is 5.75 Å². The van der Waals surface area contributed by atoms with Crippen LogP contribution in [0.5, 0.6) is 5.75 Å². The molecule has 3 N–H and O–H groups in total. The summed E-state index contributed by atoms with van der Waals surface area (Å²) in [6, 6.07) is 0.494. The van der Waals surface area contributed by atoms with E-state index < -0.39 is 0 Å². The standard InChI is InChI=1S/C12H23N3OS/c1-4-6-8-9(7-5-2)14-12-10(16-3)11(13)15-17-12/h9,14H,4-8H2,1-3H3,(H2,13,15). The fourth-order valence-corrected chi connectivity index (χ4v) is 2.62. The van der Waals surface area contributed by atoms with Gasteiger partial charge >= 0.3 is 0 Å². The first kappa shape index (κ1) is 14.1. The lowest BCUT2D eigenvalue weighted by molar-refractivity contribution is 0.418. The minimum atomic E-state index is 0.478. The maximum absolute atomic E-state index is 5.74. The van der Waals surface area contributed by atoms with Gasteiger partial charge in [0.25, 0.3) is 0 Å². The molecule has 1 unspecified atom stereocenters. The van der Waals surface area contributed by atoms with Crippen LogP contribution in [0.1, 0.15) is 46.0 Å². The molecule has 17 heavy (non-hydrogen) atoms. The monoisotopic (exact) mass is 257 g/mol. The van der Waals surface area contributed by atoms with Crippen molar-refractivity contribution in [3.05, 3.63) is 0 Å². The first-order chi connectivity index (χ1) is 8.22. The van der Waals surface area contributed by atoms with Gasteiger partial charge in [0.2, 0.25) is 0 Å². The first-order valence-corrected chi connectivity index (χ1v) is 7.05. The van der Waals surface area contributed by atoms with Crippen LogP contribution in [-0.4, -0.2) is 17.5 Å². The van der Waals surface area contributed by atoms with Crippen LogP contribution < -0.4 is 15.8 Å². The molecule has 0 aliphatic heterocycles. The molecule has 0 aliphatic rings. The summed E-state index contributed by atoms with van der Waals surface area (Å²) in [7, 11) is 1.63. The van der Waals surface area contributed by atoms with Gasteiger partial charge in [-0.1, -0.05) is 33.1 Å². The normalized spacial score (nSPS) is 12.4. The second kappa shape index (κ2) is 7.37. The van der Waals surface area contributed by atoms with Crippen molar-refractivity contribution >= 4 is 22.4 Å². The number of nitrogens with zero attached hydrogens (tertiary/aromatic N) is 1. The van der Waals surface area contributed by atoms with Crippen molar-refractivity contribution in [2.24, 2.45) is 0 Å². The second-order valence-corrected chi connectivity index (χ2v) is 4.98. The third kappa shape index (κ3) is 4.07. The van der Waals surface area contributed by atoms with Crippen molar-refractivity contribution < 1.29 is 4.74 Å². The molecule has 0 fully saturated rings. The Kier molecular flexibility index (Phi) is 6.11. The predicted molar refractivity (Wildman–Crippen MR) is 74.9 cm³/mol. The van der Waals surface area contributed by atoms with E-state index >= 15 is 0 Å². The molecule has 0 amide bonds. The first-order valence-electron chi connectivity index (χ1n) is 6.28. The molecule has 0 bridgehead atoms. The number of methoxy groups -OCH3 is 1. The molecule has 1 aromatic rings. The molecule has 0 aliphatic carbocycles. The Hall–Kier alpha value is -0.970. The van der Waals surface area contributed by atoms with Gasteiger partial charge in [0.15, 0.2) is 16.6 Å². The van der Waals surface area contributed by atoms with E-state index in [0.29, 0.717) is 17.6 Å². The van der Waals surface area contributed by atoms with Gasteiger partial charge in [-0.25, -0.2) is 0 Å². The molecule has 0 aromatic carbocycles. The van der Waals surface area contributed by atoms with E-state index in [-0.39, 0.29) is 0 Å². The summed E-state index contributed by atoms with van der Waals surface area (Å²) in [6.45, 7) is 4.42. The van der Waals surface area contributed by atoms with Gasteiger partial charge in [0.05, 0.1) is 7.11 Å². The van der Waals surface area contributed by atoms with Gasteiger partial charge in [0.1, 0.15) is 0 Å². The summed E-state index contributed by atoms with van der Waals surface area (Å²) in [5.74, 6) is 1.17. The molecule has 0 spiro atoms. The Balaban J connectivity index is 2.64. The highest BCUT2D eigenvalue weighted by molar-refractivity contribution is 7.11. The smallest absolute Gasteiger partial charge is 0.197 e. The number of ether oxygens (including phenoxy) is 1. The number of nitrogens with two attached hydrogens (primary N) is 1. The molecule has 0 saturated carbocycles.